The van der Waals surface area contributed by atoms with Crippen molar-refractivity contribution in [1.82, 2.24) is 9.97 Å². The molecular weight excluding hydrogens is 512 g/mol. The lowest BCUT2D eigenvalue weighted by molar-refractivity contribution is -0.157. The number of hydrogen-bond donors (Lipinski definition) is 1. The topological polar surface area (TPSA) is 116 Å². The third kappa shape index (κ3) is 9.14. The van der Waals surface area contributed by atoms with E-state index >= 15 is 0 Å². The number of carboxylic acid groups (broad SMARTS) is 1. The summed E-state index contributed by atoms with van der Waals surface area (Å²) < 4.78 is 10.9. The van der Waals surface area contributed by atoms with Crippen molar-refractivity contribution in [3.8, 4) is 0 Å². The molecule has 0 aliphatic rings. The third-order valence-electron chi connectivity index (χ3n) is 3.18. The van der Waals surface area contributed by atoms with E-state index in [1.807, 2.05) is 0 Å². The van der Waals surface area contributed by atoms with Gasteiger partial charge in [-0.15, -0.1) is 0 Å². The molecule has 2 aromatic heterocycles. The van der Waals surface area contributed by atoms with E-state index in [0.717, 1.165) is 0 Å². The van der Waals surface area contributed by atoms with Gasteiger partial charge in [0.1, 0.15) is 9.21 Å². The molecule has 10 heteroatoms. The Morgan fingerprint density at radius 1 is 0.931 bits per heavy atom. The Bertz CT molecular complexity index is 829. The SMILES string of the molecule is CCOC(=O)C(C(=O)OCC)c1cccc(Br)n1.O=C(O)Cc1cccc(Br)n1. The number of nitrogens with zero attached hydrogens (tertiary/aromatic N) is 2. The van der Waals surface area contributed by atoms with Crippen molar-refractivity contribution in [1.29, 1.82) is 0 Å². The smallest absolute Gasteiger partial charge is 0.326 e. The van der Waals surface area contributed by atoms with Crippen LogP contribution in [0.15, 0.2) is 45.6 Å². The van der Waals surface area contributed by atoms with Gasteiger partial charge in [-0.2, -0.15) is 0 Å². The number of carbonyl (C=O) groups excluding carboxylic acids is 2. The van der Waals surface area contributed by atoms with Crippen LogP contribution in [-0.4, -0.2) is 46.2 Å². The van der Waals surface area contributed by atoms with Crippen molar-refractivity contribution in [3.05, 3.63) is 57.0 Å². The minimum absolute atomic E-state index is 0.0283. The number of ether oxygens (including phenoxy) is 2. The molecule has 0 bridgehead atoms. The Morgan fingerprint density at radius 2 is 1.45 bits per heavy atom. The number of hydrogen-bond acceptors (Lipinski definition) is 7. The Kier molecular flexibility index (Phi) is 11.1. The molecule has 2 heterocycles. The van der Waals surface area contributed by atoms with Crippen LogP contribution in [0.2, 0.25) is 0 Å². The van der Waals surface area contributed by atoms with Gasteiger partial charge in [0, 0.05) is 0 Å². The molecule has 29 heavy (non-hydrogen) atoms. The highest BCUT2D eigenvalue weighted by Crippen LogP contribution is 2.19. The predicted octanol–water partition coefficient (Wildman–Crippen LogP) is 3.53. The fraction of sp³-hybridized carbons (Fsp3) is 0.316. The number of esters is 2. The first-order valence-corrected chi connectivity index (χ1v) is 10.2. The Hall–Kier alpha value is -2.33. The molecule has 0 fully saturated rings. The van der Waals surface area contributed by atoms with Crippen LogP contribution in [-0.2, 0) is 30.3 Å². The molecule has 0 saturated carbocycles. The zero-order valence-electron chi connectivity index (χ0n) is 15.8. The van der Waals surface area contributed by atoms with Crippen LogP contribution < -0.4 is 0 Å². The number of carbonyl (C=O) groups is 3. The highest BCUT2D eigenvalue weighted by Gasteiger charge is 2.32. The first-order chi connectivity index (χ1) is 13.8. The van der Waals surface area contributed by atoms with Crippen LogP contribution in [0, 0.1) is 0 Å². The number of aliphatic carboxylic acids is 1. The number of rotatable bonds is 7. The highest BCUT2D eigenvalue weighted by atomic mass is 79.9. The Labute approximate surface area is 184 Å². The van der Waals surface area contributed by atoms with Gasteiger partial charge in [-0.1, -0.05) is 12.1 Å². The fourth-order valence-corrected chi connectivity index (χ4v) is 2.82. The number of aromatic nitrogens is 2. The molecule has 1 N–H and O–H groups in total. The van der Waals surface area contributed by atoms with E-state index in [-0.39, 0.29) is 19.6 Å². The summed E-state index contributed by atoms with van der Waals surface area (Å²) in [6.07, 6.45) is -0.0283. The van der Waals surface area contributed by atoms with Crippen molar-refractivity contribution >= 4 is 49.8 Å². The molecule has 0 aliphatic heterocycles. The monoisotopic (exact) mass is 530 g/mol. The summed E-state index contributed by atoms with van der Waals surface area (Å²) >= 11 is 6.34. The van der Waals surface area contributed by atoms with Gasteiger partial charge in [-0.3, -0.25) is 14.4 Å². The van der Waals surface area contributed by atoms with E-state index in [1.54, 1.807) is 50.2 Å². The zero-order valence-corrected chi connectivity index (χ0v) is 19.0. The van der Waals surface area contributed by atoms with Crippen LogP contribution in [0.4, 0.5) is 0 Å². The van der Waals surface area contributed by atoms with E-state index in [9.17, 15) is 14.4 Å². The maximum absolute atomic E-state index is 11.8. The molecule has 0 atom stereocenters. The molecule has 0 unspecified atom stereocenters. The summed E-state index contributed by atoms with van der Waals surface area (Å²) in [6.45, 7) is 3.74. The van der Waals surface area contributed by atoms with Crippen LogP contribution in [0.25, 0.3) is 0 Å². The lowest BCUT2D eigenvalue weighted by Gasteiger charge is -2.13. The normalized spacial score (nSPS) is 9.97. The summed E-state index contributed by atoms with van der Waals surface area (Å²) in [5.41, 5.74) is 0.869. The first kappa shape index (κ1) is 24.7. The van der Waals surface area contributed by atoms with Gasteiger partial charge in [0.25, 0.3) is 0 Å². The van der Waals surface area contributed by atoms with Crippen LogP contribution in [0.3, 0.4) is 0 Å². The summed E-state index contributed by atoms with van der Waals surface area (Å²) in [5, 5.41) is 8.40. The molecule has 0 saturated heterocycles. The van der Waals surface area contributed by atoms with E-state index in [2.05, 4.69) is 41.8 Å². The zero-order chi connectivity index (χ0) is 21.8. The molecular formula is C19H20Br2N2O6. The summed E-state index contributed by atoms with van der Waals surface area (Å²) in [4.78, 5) is 41.9. The molecule has 2 rings (SSSR count). The Morgan fingerprint density at radius 3 is 1.90 bits per heavy atom. The predicted molar refractivity (Wildman–Crippen MR) is 111 cm³/mol. The molecule has 156 valence electrons. The average molecular weight is 532 g/mol. The van der Waals surface area contributed by atoms with Gasteiger partial charge in [0.05, 0.1) is 31.0 Å². The second kappa shape index (κ2) is 13.0. The molecule has 0 aliphatic carbocycles. The van der Waals surface area contributed by atoms with Crippen LogP contribution in [0.1, 0.15) is 31.2 Å². The van der Waals surface area contributed by atoms with Gasteiger partial charge in [0.15, 0.2) is 5.92 Å². The van der Waals surface area contributed by atoms with Gasteiger partial charge in [0.2, 0.25) is 0 Å². The van der Waals surface area contributed by atoms with Crippen LogP contribution >= 0.6 is 31.9 Å². The van der Waals surface area contributed by atoms with Gasteiger partial charge in [-0.25, -0.2) is 9.97 Å². The summed E-state index contributed by atoms with van der Waals surface area (Å²) in [7, 11) is 0. The summed E-state index contributed by atoms with van der Waals surface area (Å²) in [6, 6.07) is 10.2. The number of pyridine rings is 2. The van der Waals surface area contributed by atoms with E-state index in [4.69, 9.17) is 14.6 Å². The second-order valence-electron chi connectivity index (χ2n) is 5.34. The average Bonchev–Trinajstić information content (AvgIpc) is 2.62. The molecule has 0 aromatic carbocycles. The molecule has 8 nitrogen and oxygen atoms in total. The van der Waals surface area contributed by atoms with Crippen molar-refractivity contribution in [2.75, 3.05) is 13.2 Å². The standard InChI is InChI=1S/C12H14BrNO4.C7H6BrNO2/c1-3-17-11(15)10(12(16)18-4-2)8-6-5-7-9(13)14-8;8-6-3-1-2-5(9-6)4-7(10)11/h5-7,10H,3-4H2,1-2H3;1-3H,4H2,(H,10,11). The Balaban J connectivity index is 0.000000326. The maximum Gasteiger partial charge on any atom is 0.326 e. The fourth-order valence-electron chi connectivity index (χ4n) is 2.08. The maximum atomic E-state index is 11.8. The lowest BCUT2D eigenvalue weighted by Crippen LogP contribution is -2.27. The van der Waals surface area contributed by atoms with E-state index in [0.29, 0.717) is 20.6 Å². The van der Waals surface area contributed by atoms with Crippen molar-refractivity contribution in [2.24, 2.45) is 0 Å². The van der Waals surface area contributed by atoms with Gasteiger partial charge < -0.3 is 14.6 Å². The number of carboxylic acids is 1. The third-order valence-corrected chi connectivity index (χ3v) is 4.07. The minimum Gasteiger partial charge on any atom is -0.481 e. The second-order valence-corrected chi connectivity index (χ2v) is 6.97. The van der Waals surface area contributed by atoms with Gasteiger partial charge >= 0.3 is 17.9 Å². The molecule has 0 spiro atoms. The van der Waals surface area contributed by atoms with E-state index < -0.39 is 23.8 Å². The molecule has 2 aromatic rings. The molecule has 0 amide bonds. The molecule has 0 radical (unpaired) electrons. The van der Waals surface area contributed by atoms with Crippen LogP contribution in [0.5, 0.6) is 0 Å². The van der Waals surface area contributed by atoms with Crippen molar-refractivity contribution in [2.45, 2.75) is 26.2 Å². The largest absolute Gasteiger partial charge is 0.481 e. The summed E-state index contributed by atoms with van der Waals surface area (Å²) in [5.74, 6) is -3.30. The van der Waals surface area contributed by atoms with Gasteiger partial charge in [-0.05, 0) is 70.0 Å². The first-order valence-electron chi connectivity index (χ1n) is 8.57. The number of halogens is 2. The minimum atomic E-state index is -1.14. The van der Waals surface area contributed by atoms with Crippen molar-refractivity contribution < 1.29 is 29.0 Å². The lowest BCUT2D eigenvalue weighted by atomic mass is 10.1. The quantitative estimate of drug-likeness (QED) is 0.327. The van der Waals surface area contributed by atoms with Crippen molar-refractivity contribution in [3.63, 3.8) is 0 Å². The highest BCUT2D eigenvalue weighted by molar-refractivity contribution is 9.10. The van der Waals surface area contributed by atoms with E-state index in [1.165, 1.54) is 0 Å².